The van der Waals surface area contributed by atoms with Crippen LogP contribution in [0.15, 0.2) is 23.8 Å². The van der Waals surface area contributed by atoms with Gasteiger partial charge in [0, 0.05) is 6.04 Å². The fraction of sp³-hybridized carbons (Fsp3) is 0.600. The first kappa shape index (κ1) is 11.5. The van der Waals surface area contributed by atoms with Crippen molar-refractivity contribution in [2.75, 3.05) is 5.75 Å². The molecule has 80 valence electrons. The fourth-order valence-corrected chi connectivity index (χ4v) is 2.37. The lowest BCUT2D eigenvalue weighted by atomic mass is 10.0. The molecule has 4 heteroatoms. The van der Waals surface area contributed by atoms with Crippen molar-refractivity contribution in [3.63, 3.8) is 0 Å². The first-order chi connectivity index (χ1) is 6.42. The predicted octanol–water partition coefficient (Wildman–Crippen LogP) is 1.02. The molecule has 0 saturated heterocycles. The molecule has 2 N–H and O–H groups in total. The maximum Gasteiger partial charge on any atom is 0.156 e. The van der Waals surface area contributed by atoms with Crippen molar-refractivity contribution in [2.24, 2.45) is 5.73 Å². The lowest BCUT2D eigenvalue weighted by Gasteiger charge is -2.15. The summed E-state index contributed by atoms with van der Waals surface area (Å²) in [5, 5.41) is -0.314. The highest BCUT2D eigenvalue weighted by atomic mass is 32.2. The molecule has 1 aliphatic carbocycles. The van der Waals surface area contributed by atoms with E-state index < -0.39 is 9.84 Å². The Morgan fingerprint density at radius 2 is 2.21 bits per heavy atom. The smallest absolute Gasteiger partial charge is 0.156 e. The van der Waals surface area contributed by atoms with Crippen molar-refractivity contribution < 1.29 is 8.42 Å². The highest BCUT2D eigenvalue weighted by Gasteiger charge is 2.19. The second-order valence-corrected chi connectivity index (χ2v) is 6.49. The lowest BCUT2D eigenvalue weighted by Crippen LogP contribution is -2.24. The molecule has 1 atom stereocenters. The molecule has 0 aromatic carbocycles. The van der Waals surface area contributed by atoms with E-state index in [1.807, 2.05) is 18.2 Å². The Morgan fingerprint density at radius 3 is 2.71 bits per heavy atom. The van der Waals surface area contributed by atoms with E-state index in [4.69, 9.17) is 5.73 Å². The molecule has 0 fully saturated rings. The zero-order chi connectivity index (χ0) is 10.8. The van der Waals surface area contributed by atoms with Crippen LogP contribution in [0.2, 0.25) is 0 Å². The largest absolute Gasteiger partial charge is 0.324 e. The van der Waals surface area contributed by atoms with Gasteiger partial charge in [-0.05, 0) is 20.3 Å². The van der Waals surface area contributed by atoms with E-state index in [9.17, 15) is 8.42 Å². The fourth-order valence-electron chi connectivity index (χ4n) is 1.31. The van der Waals surface area contributed by atoms with E-state index in [2.05, 4.69) is 0 Å². The zero-order valence-corrected chi connectivity index (χ0v) is 9.42. The van der Waals surface area contributed by atoms with Gasteiger partial charge in [0.05, 0.1) is 11.0 Å². The highest BCUT2D eigenvalue weighted by molar-refractivity contribution is 7.92. The van der Waals surface area contributed by atoms with Gasteiger partial charge in [0.1, 0.15) is 0 Å². The van der Waals surface area contributed by atoms with Crippen molar-refractivity contribution in [3.05, 3.63) is 23.8 Å². The van der Waals surface area contributed by atoms with Gasteiger partial charge in [0.2, 0.25) is 0 Å². The number of sulfone groups is 1. The molecular formula is C10H17NO2S. The van der Waals surface area contributed by atoms with E-state index in [1.165, 1.54) is 0 Å². The van der Waals surface area contributed by atoms with Gasteiger partial charge >= 0.3 is 0 Å². The predicted molar refractivity (Wildman–Crippen MR) is 58.7 cm³/mol. The molecule has 0 spiro atoms. The molecule has 14 heavy (non-hydrogen) atoms. The lowest BCUT2D eigenvalue weighted by molar-refractivity contribution is 0.588. The van der Waals surface area contributed by atoms with Gasteiger partial charge in [-0.3, -0.25) is 0 Å². The van der Waals surface area contributed by atoms with Crippen LogP contribution in [-0.2, 0) is 9.84 Å². The van der Waals surface area contributed by atoms with E-state index in [0.717, 1.165) is 5.57 Å². The third-order valence-corrected chi connectivity index (χ3v) is 4.50. The van der Waals surface area contributed by atoms with Crippen LogP contribution in [0.4, 0.5) is 0 Å². The van der Waals surface area contributed by atoms with Crippen LogP contribution >= 0.6 is 0 Å². The average molecular weight is 215 g/mol. The van der Waals surface area contributed by atoms with Crippen LogP contribution in [0, 0.1) is 0 Å². The van der Waals surface area contributed by atoms with Gasteiger partial charge < -0.3 is 5.73 Å². The Balaban J connectivity index is 2.71. The molecule has 0 heterocycles. The van der Waals surface area contributed by atoms with Gasteiger partial charge in [-0.1, -0.05) is 23.8 Å². The van der Waals surface area contributed by atoms with E-state index in [-0.39, 0.29) is 17.0 Å². The number of allylic oxidation sites excluding steroid dienone is 2. The van der Waals surface area contributed by atoms with Crippen molar-refractivity contribution in [1.82, 2.24) is 0 Å². The maximum atomic E-state index is 11.6. The Morgan fingerprint density at radius 1 is 1.57 bits per heavy atom. The summed E-state index contributed by atoms with van der Waals surface area (Å²) in [6.45, 7) is 3.41. The van der Waals surface area contributed by atoms with Gasteiger partial charge in [-0.2, -0.15) is 0 Å². The van der Waals surface area contributed by atoms with Crippen molar-refractivity contribution >= 4 is 9.84 Å². The van der Waals surface area contributed by atoms with Crippen molar-refractivity contribution in [2.45, 2.75) is 31.6 Å². The summed E-state index contributed by atoms with van der Waals surface area (Å²) >= 11 is 0. The summed E-state index contributed by atoms with van der Waals surface area (Å²) in [4.78, 5) is 0. The van der Waals surface area contributed by atoms with Crippen LogP contribution < -0.4 is 5.73 Å². The normalized spacial score (nSPS) is 22.6. The van der Waals surface area contributed by atoms with Crippen LogP contribution in [-0.4, -0.2) is 25.5 Å². The molecular weight excluding hydrogens is 198 g/mol. The van der Waals surface area contributed by atoms with Crippen LogP contribution in [0.25, 0.3) is 0 Å². The second kappa shape index (κ2) is 4.28. The van der Waals surface area contributed by atoms with Gasteiger partial charge in [0.25, 0.3) is 0 Å². The van der Waals surface area contributed by atoms with E-state index in [1.54, 1.807) is 13.8 Å². The van der Waals surface area contributed by atoms with Gasteiger partial charge in [-0.25, -0.2) is 8.42 Å². The first-order valence-electron chi connectivity index (χ1n) is 4.75. The summed E-state index contributed by atoms with van der Waals surface area (Å²) in [6.07, 6.45) is 6.22. The Bertz CT molecular complexity index is 352. The molecule has 1 rings (SSSR count). The summed E-state index contributed by atoms with van der Waals surface area (Å²) in [5.41, 5.74) is 6.61. The zero-order valence-electron chi connectivity index (χ0n) is 8.60. The number of nitrogens with two attached hydrogens (primary N) is 1. The minimum absolute atomic E-state index is 0.0302. The van der Waals surface area contributed by atoms with Crippen LogP contribution in [0.3, 0.4) is 0 Å². The SMILES string of the molecule is CC(C)S(=O)(=O)CC1=CC=CC(N)C1. The first-order valence-corrected chi connectivity index (χ1v) is 6.47. The second-order valence-electron chi connectivity index (χ2n) is 3.93. The summed E-state index contributed by atoms with van der Waals surface area (Å²) in [5.74, 6) is 0.142. The number of hydrogen-bond acceptors (Lipinski definition) is 3. The van der Waals surface area contributed by atoms with Crippen LogP contribution in [0.1, 0.15) is 20.3 Å². The molecule has 0 aromatic heterocycles. The molecule has 0 bridgehead atoms. The maximum absolute atomic E-state index is 11.6. The van der Waals surface area contributed by atoms with Gasteiger partial charge in [0.15, 0.2) is 9.84 Å². The Hall–Kier alpha value is -0.610. The minimum Gasteiger partial charge on any atom is -0.324 e. The highest BCUT2D eigenvalue weighted by Crippen LogP contribution is 2.15. The van der Waals surface area contributed by atoms with Crippen molar-refractivity contribution in [1.29, 1.82) is 0 Å². The molecule has 0 aromatic rings. The molecule has 1 unspecified atom stereocenters. The number of rotatable bonds is 3. The standard InChI is InChI=1S/C10H17NO2S/c1-8(2)14(12,13)7-9-4-3-5-10(11)6-9/h3-5,8,10H,6-7,11H2,1-2H3. The van der Waals surface area contributed by atoms with Crippen LogP contribution in [0.5, 0.6) is 0 Å². The number of hydrogen-bond donors (Lipinski definition) is 1. The monoisotopic (exact) mass is 215 g/mol. The molecule has 1 aliphatic rings. The topological polar surface area (TPSA) is 60.2 Å². The average Bonchev–Trinajstić information content (AvgIpc) is 2.02. The van der Waals surface area contributed by atoms with Crippen molar-refractivity contribution in [3.8, 4) is 0 Å². The Kier molecular flexibility index (Phi) is 3.50. The molecule has 0 saturated carbocycles. The third-order valence-electron chi connectivity index (χ3n) is 2.29. The molecule has 0 radical (unpaired) electrons. The minimum atomic E-state index is -2.98. The van der Waals surface area contributed by atoms with Gasteiger partial charge in [-0.15, -0.1) is 0 Å². The summed E-state index contributed by atoms with van der Waals surface area (Å²) in [6, 6.07) is -0.0302. The summed E-state index contributed by atoms with van der Waals surface area (Å²) < 4.78 is 23.2. The Labute approximate surface area is 85.6 Å². The van der Waals surface area contributed by atoms with E-state index >= 15 is 0 Å². The molecule has 3 nitrogen and oxygen atoms in total. The molecule has 0 aliphatic heterocycles. The summed E-state index contributed by atoms with van der Waals surface area (Å²) in [7, 11) is -2.98. The molecule has 0 amide bonds. The van der Waals surface area contributed by atoms with E-state index in [0.29, 0.717) is 6.42 Å². The third kappa shape index (κ3) is 2.96. The quantitative estimate of drug-likeness (QED) is 0.764.